The van der Waals surface area contributed by atoms with Crippen LogP contribution in [-0.4, -0.2) is 30.7 Å². The maximum atomic E-state index is 8.68. The van der Waals surface area contributed by atoms with Crippen LogP contribution in [0.3, 0.4) is 0 Å². The van der Waals surface area contributed by atoms with E-state index in [0.717, 1.165) is 11.4 Å². The Morgan fingerprint density at radius 1 is 1.40 bits per heavy atom. The van der Waals surface area contributed by atoms with Crippen LogP contribution in [0.2, 0.25) is 0 Å². The van der Waals surface area contributed by atoms with E-state index in [2.05, 4.69) is 20.5 Å². The van der Waals surface area contributed by atoms with Gasteiger partial charge in [-0.05, 0) is 20.8 Å². The summed E-state index contributed by atoms with van der Waals surface area (Å²) in [6.07, 6.45) is 0. The molecule has 6 heteroatoms. The normalized spacial score (nSPS) is 12.3. The van der Waals surface area contributed by atoms with E-state index in [1.807, 2.05) is 19.9 Å². The Bertz CT molecular complexity index is 543. The molecule has 1 N–H and O–H groups in total. The molecule has 0 aliphatic heterocycles. The average Bonchev–Trinajstić information content (AvgIpc) is 2.59. The van der Waals surface area contributed by atoms with Crippen LogP contribution in [0.15, 0.2) is 11.2 Å². The molecule has 0 amide bonds. The van der Waals surface area contributed by atoms with Crippen LogP contribution >= 0.6 is 0 Å². The first-order chi connectivity index (χ1) is 7.13. The van der Waals surface area contributed by atoms with Crippen molar-refractivity contribution in [2.75, 3.05) is 0 Å². The fourth-order valence-corrected chi connectivity index (χ4v) is 1.46. The van der Waals surface area contributed by atoms with Crippen LogP contribution in [0.5, 0.6) is 0 Å². The van der Waals surface area contributed by atoms with E-state index in [1.54, 1.807) is 11.4 Å². The van der Waals surface area contributed by atoms with E-state index in [1.165, 1.54) is 0 Å². The highest BCUT2D eigenvalue weighted by molar-refractivity contribution is 5.97. The molecule has 2 aromatic rings. The third-order valence-corrected chi connectivity index (χ3v) is 2.22. The summed E-state index contributed by atoms with van der Waals surface area (Å²) in [5.41, 5.74) is 3.36. The lowest BCUT2D eigenvalue weighted by Gasteiger charge is -2.03. The second-order valence-corrected chi connectivity index (χ2v) is 3.38. The van der Waals surface area contributed by atoms with Gasteiger partial charge in [-0.2, -0.15) is 5.10 Å². The molecule has 0 fully saturated rings. The number of fused-ring (bicyclic) bond motifs is 1. The minimum Gasteiger partial charge on any atom is -0.411 e. The largest absolute Gasteiger partial charge is 0.411 e. The maximum Gasteiger partial charge on any atom is 0.177 e. The van der Waals surface area contributed by atoms with E-state index in [4.69, 9.17) is 5.21 Å². The van der Waals surface area contributed by atoms with Crippen molar-refractivity contribution in [1.82, 2.24) is 19.8 Å². The van der Waals surface area contributed by atoms with Crippen LogP contribution < -0.4 is 0 Å². The standard InChI is InChI=1S/C9H11N5O/c1-5-4-8-10-11-9(6(2)13-15)7(3)14(8)12-5/h4,15H,1-3H3. The molecule has 15 heavy (non-hydrogen) atoms. The summed E-state index contributed by atoms with van der Waals surface area (Å²) < 4.78 is 1.69. The lowest BCUT2D eigenvalue weighted by atomic mass is 10.2. The first-order valence-corrected chi connectivity index (χ1v) is 4.52. The van der Waals surface area contributed by atoms with Gasteiger partial charge >= 0.3 is 0 Å². The zero-order valence-electron chi connectivity index (χ0n) is 8.76. The van der Waals surface area contributed by atoms with Crippen molar-refractivity contribution in [1.29, 1.82) is 0 Å². The molecule has 0 aliphatic rings. The Kier molecular flexibility index (Phi) is 2.11. The summed E-state index contributed by atoms with van der Waals surface area (Å²) in [4.78, 5) is 0. The van der Waals surface area contributed by atoms with Crippen molar-refractivity contribution in [3.05, 3.63) is 23.1 Å². The van der Waals surface area contributed by atoms with Crippen molar-refractivity contribution in [2.24, 2.45) is 5.16 Å². The molecular formula is C9H11N5O. The molecule has 0 aliphatic carbocycles. The maximum absolute atomic E-state index is 8.68. The summed E-state index contributed by atoms with van der Waals surface area (Å²) in [6.45, 7) is 5.41. The summed E-state index contributed by atoms with van der Waals surface area (Å²) in [6, 6.07) is 1.84. The number of aromatic nitrogens is 4. The highest BCUT2D eigenvalue weighted by Crippen LogP contribution is 2.09. The molecule has 2 heterocycles. The molecule has 0 radical (unpaired) electrons. The summed E-state index contributed by atoms with van der Waals surface area (Å²) in [7, 11) is 0. The SMILES string of the molecule is CC(=NO)c1nnc2cc(C)nn2c1C. The van der Waals surface area contributed by atoms with Gasteiger partial charge in [0.2, 0.25) is 0 Å². The van der Waals surface area contributed by atoms with Gasteiger partial charge in [0.15, 0.2) is 5.65 Å². The predicted molar refractivity (Wildman–Crippen MR) is 54.3 cm³/mol. The number of hydrogen-bond donors (Lipinski definition) is 1. The highest BCUT2D eigenvalue weighted by Gasteiger charge is 2.10. The Morgan fingerprint density at radius 3 is 2.80 bits per heavy atom. The summed E-state index contributed by atoms with van der Waals surface area (Å²) in [5, 5.41) is 24.0. The number of rotatable bonds is 1. The van der Waals surface area contributed by atoms with Crippen molar-refractivity contribution >= 4 is 11.4 Å². The molecule has 2 rings (SSSR count). The van der Waals surface area contributed by atoms with Crippen molar-refractivity contribution in [3.63, 3.8) is 0 Å². The minimum absolute atomic E-state index is 0.426. The number of aryl methyl sites for hydroxylation is 2. The lowest BCUT2D eigenvalue weighted by molar-refractivity contribution is 0.319. The second kappa shape index (κ2) is 3.30. The summed E-state index contributed by atoms with van der Waals surface area (Å²) >= 11 is 0. The molecule has 0 bridgehead atoms. The quantitative estimate of drug-likeness (QED) is 0.427. The smallest absolute Gasteiger partial charge is 0.177 e. The zero-order valence-corrected chi connectivity index (χ0v) is 8.76. The molecule has 78 valence electrons. The summed E-state index contributed by atoms with van der Waals surface area (Å²) in [5.74, 6) is 0. The molecule has 0 saturated heterocycles. The fraction of sp³-hybridized carbons (Fsp3) is 0.333. The average molecular weight is 205 g/mol. The molecule has 0 atom stereocenters. The van der Waals surface area contributed by atoms with Gasteiger partial charge in [0.1, 0.15) is 11.4 Å². The fourth-order valence-electron chi connectivity index (χ4n) is 1.46. The lowest BCUT2D eigenvalue weighted by Crippen LogP contribution is -2.09. The molecule has 0 spiro atoms. The number of hydrogen-bond acceptors (Lipinski definition) is 5. The van der Waals surface area contributed by atoms with Crippen molar-refractivity contribution < 1.29 is 5.21 Å². The molecule has 0 saturated carbocycles. The molecular weight excluding hydrogens is 194 g/mol. The van der Waals surface area contributed by atoms with Crippen molar-refractivity contribution in [2.45, 2.75) is 20.8 Å². The van der Waals surface area contributed by atoms with Gasteiger partial charge in [0.25, 0.3) is 0 Å². The Hall–Kier alpha value is -1.98. The number of nitrogens with zero attached hydrogens (tertiary/aromatic N) is 5. The van der Waals surface area contributed by atoms with Gasteiger partial charge in [-0.1, -0.05) is 5.16 Å². The first-order valence-electron chi connectivity index (χ1n) is 4.52. The highest BCUT2D eigenvalue weighted by atomic mass is 16.4. The topological polar surface area (TPSA) is 75.7 Å². The van der Waals surface area contributed by atoms with Gasteiger partial charge < -0.3 is 5.21 Å². The van der Waals surface area contributed by atoms with Crippen LogP contribution in [0.4, 0.5) is 0 Å². The minimum atomic E-state index is 0.426. The zero-order chi connectivity index (χ0) is 11.0. The van der Waals surface area contributed by atoms with Crippen molar-refractivity contribution in [3.8, 4) is 0 Å². The third-order valence-electron chi connectivity index (χ3n) is 2.22. The van der Waals surface area contributed by atoms with E-state index in [9.17, 15) is 0 Å². The third kappa shape index (κ3) is 1.43. The van der Waals surface area contributed by atoms with E-state index in [0.29, 0.717) is 17.1 Å². The van der Waals surface area contributed by atoms with Crippen LogP contribution in [0.25, 0.3) is 5.65 Å². The van der Waals surface area contributed by atoms with Gasteiger partial charge in [-0.15, -0.1) is 10.2 Å². The first kappa shape index (κ1) is 9.57. The molecule has 0 unspecified atom stereocenters. The molecule has 0 aromatic carbocycles. The van der Waals surface area contributed by atoms with Gasteiger partial charge in [0, 0.05) is 6.07 Å². The van der Waals surface area contributed by atoms with E-state index < -0.39 is 0 Å². The van der Waals surface area contributed by atoms with E-state index >= 15 is 0 Å². The monoisotopic (exact) mass is 205 g/mol. The number of oxime groups is 1. The molecule has 2 aromatic heterocycles. The second-order valence-electron chi connectivity index (χ2n) is 3.38. The predicted octanol–water partition coefficient (Wildman–Crippen LogP) is 0.939. The van der Waals surface area contributed by atoms with Crippen LogP contribution in [0, 0.1) is 13.8 Å². The Labute approximate surface area is 86.2 Å². The van der Waals surface area contributed by atoms with Gasteiger partial charge in [-0.25, -0.2) is 4.52 Å². The van der Waals surface area contributed by atoms with Gasteiger partial charge in [0.05, 0.1) is 11.4 Å². The van der Waals surface area contributed by atoms with Crippen LogP contribution in [0.1, 0.15) is 24.0 Å². The van der Waals surface area contributed by atoms with Gasteiger partial charge in [-0.3, -0.25) is 0 Å². The Balaban J connectivity index is 2.75. The Morgan fingerprint density at radius 2 is 2.13 bits per heavy atom. The molecule has 6 nitrogen and oxygen atoms in total. The van der Waals surface area contributed by atoms with Crippen LogP contribution in [-0.2, 0) is 0 Å². The van der Waals surface area contributed by atoms with E-state index in [-0.39, 0.29) is 0 Å².